The Balaban J connectivity index is 1.77. The first kappa shape index (κ1) is 16.6. The Morgan fingerprint density at radius 1 is 1.17 bits per heavy atom. The molecule has 1 aromatic carbocycles. The Morgan fingerprint density at radius 3 is 2.57 bits per heavy atom. The normalized spacial score (nSPS) is 17.4. The minimum absolute atomic E-state index is 0.000881. The number of thiophene rings is 1. The van der Waals surface area contributed by atoms with E-state index in [0.717, 1.165) is 36.9 Å². The zero-order valence-electron chi connectivity index (χ0n) is 12.6. The first-order chi connectivity index (χ1) is 11.1. The van der Waals surface area contributed by atoms with E-state index in [4.69, 9.17) is 0 Å². The predicted molar refractivity (Wildman–Crippen MR) is 89.5 cm³/mol. The minimum Gasteiger partial charge on any atom is -0.294 e. The molecule has 23 heavy (non-hydrogen) atoms. The Hall–Kier alpha value is -1.28. The molecule has 3 rings (SSSR count). The van der Waals surface area contributed by atoms with Gasteiger partial charge >= 0.3 is 0 Å². The van der Waals surface area contributed by atoms with Gasteiger partial charge in [0.15, 0.2) is 0 Å². The van der Waals surface area contributed by atoms with Gasteiger partial charge in [0.05, 0.1) is 6.04 Å². The molecular weight excluding hydrogens is 335 g/mol. The van der Waals surface area contributed by atoms with Gasteiger partial charge in [-0.05, 0) is 49.5 Å². The number of nitrogens with one attached hydrogen (secondary N) is 1. The lowest BCUT2D eigenvalue weighted by Gasteiger charge is -2.26. The Labute approximate surface area is 140 Å². The van der Waals surface area contributed by atoms with Crippen LogP contribution in [-0.2, 0) is 10.0 Å². The highest BCUT2D eigenvalue weighted by atomic mass is 32.2. The van der Waals surface area contributed by atoms with E-state index in [0.29, 0.717) is 0 Å². The average Bonchev–Trinajstić information content (AvgIpc) is 3.21. The fraction of sp³-hybridized carbons (Fsp3) is 0.375. The second kappa shape index (κ2) is 7.09. The smallest absolute Gasteiger partial charge is 0.243 e. The summed E-state index contributed by atoms with van der Waals surface area (Å²) in [7, 11) is -3.85. The van der Waals surface area contributed by atoms with Gasteiger partial charge in [-0.1, -0.05) is 18.2 Å². The van der Waals surface area contributed by atoms with E-state index < -0.39 is 15.8 Å². The van der Waals surface area contributed by atoms with Crippen molar-refractivity contribution >= 4 is 21.4 Å². The van der Waals surface area contributed by atoms with Crippen LogP contribution >= 0.6 is 11.3 Å². The molecule has 0 radical (unpaired) electrons. The standard InChI is InChI=1S/C16H19FN2O2S2/c17-13-6-1-2-8-16(13)23(20,21)18-12-14(15-7-5-11-22-15)19-9-3-4-10-19/h1-2,5-8,11,14,18H,3-4,9-10,12H2. The zero-order chi connectivity index (χ0) is 16.3. The number of nitrogens with zero attached hydrogens (tertiary/aromatic N) is 1. The van der Waals surface area contributed by atoms with Gasteiger partial charge in [-0.3, -0.25) is 4.90 Å². The summed E-state index contributed by atoms with van der Waals surface area (Å²) in [4.78, 5) is 3.12. The molecule has 1 fully saturated rings. The summed E-state index contributed by atoms with van der Waals surface area (Å²) in [5.74, 6) is -0.728. The van der Waals surface area contributed by atoms with Gasteiger partial charge in [0, 0.05) is 11.4 Å². The molecule has 0 aliphatic carbocycles. The van der Waals surface area contributed by atoms with E-state index in [2.05, 4.69) is 9.62 Å². The van der Waals surface area contributed by atoms with E-state index in [-0.39, 0.29) is 17.5 Å². The number of benzene rings is 1. The lowest BCUT2D eigenvalue weighted by molar-refractivity contribution is 0.250. The van der Waals surface area contributed by atoms with Gasteiger partial charge < -0.3 is 0 Å². The van der Waals surface area contributed by atoms with Crippen LogP contribution in [0.4, 0.5) is 4.39 Å². The van der Waals surface area contributed by atoms with Crippen molar-refractivity contribution < 1.29 is 12.8 Å². The highest BCUT2D eigenvalue weighted by Crippen LogP contribution is 2.28. The van der Waals surface area contributed by atoms with Crippen molar-refractivity contribution in [2.45, 2.75) is 23.8 Å². The molecule has 1 saturated heterocycles. The zero-order valence-corrected chi connectivity index (χ0v) is 14.2. The molecule has 0 saturated carbocycles. The van der Waals surface area contributed by atoms with Crippen molar-refractivity contribution in [3.05, 3.63) is 52.5 Å². The summed E-state index contributed by atoms with van der Waals surface area (Å²) in [6.45, 7) is 2.17. The molecule has 2 heterocycles. The van der Waals surface area contributed by atoms with Gasteiger partial charge in [0.2, 0.25) is 10.0 Å². The first-order valence-electron chi connectivity index (χ1n) is 7.59. The van der Waals surface area contributed by atoms with Crippen molar-refractivity contribution in [2.75, 3.05) is 19.6 Å². The summed E-state index contributed by atoms with van der Waals surface area (Å²) in [6, 6.07) is 9.43. The van der Waals surface area contributed by atoms with Crippen LogP contribution in [0.1, 0.15) is 23.8 Å². The van der Waals surface area contributed by atoms with Crippen molar-refractivity contribution in [3.8, 4) is 0 Å². The van der Waals surface area contributed by atoms with Gasteiger partial charge in [-0.25, -0.2) is 17.5 Å². The molecule has 1 unspecified atom stereocenters. The van der Waals surface area contributed by atoms with E-state index in [1.807, 2.05) is 17.5 Å². The van der Waals surface area contributed by atoms with E-state index in [9.17, 15) is 12.8 Å². The third-order valence-corrected chi connectivity index (χ3v) is 6.48. The molecule has 1 aromatic heterocycles. The molecule has 2 aromatic rings. The summed E-state index contributed by atoms with van der Waals surface area (Å²) in [5, 5.41) is 1.99. The topological polar surface area (TPSA) is 49.4 Å². The molecule has 7 heteroatoms. The van der Waals surface area contributed by atoms with Gasteiger partial charge in [-0.15, -0.1) is 11.3 Å². The maximum Gasteiger partial charge on any atom is 0.243 e. The van der Waals surface area contributed by atoms with E-state index >= 15 is 0 Å². The summed E-state index contributed by atoms with van der Waals surface area (Å²) in [5.41, 5.74) is 0. The average molecular weight is 354 g/mol. The van der Waals surface area contributed by atoms with Crippen LogP contribution in [0.3, 0.4) is 0 Å². The summed E-state index contributed by atoms with van der Waals surface area (Å²) >= 11 is 1.62. The molecule has 1 aliphatic heterocycles. The third kappa shape index (κ3) is 3.80. The molecule has 0 bridgehead atoms. The highest BCUT2D eigenvalue weighted by molar-refractivity contribution is 7.89. The van der Waals surface area contributed by atoms with Crippen molar-refractivity contribution in [3.63, 3.8) is 0 Å². The van der Waals surface area contributed by atoms with Crippen LogP contribution in [0.25, 0.3) is 0 Å². The minimum atomic E-state index is -3.85. The number of hydrogen-bond donors (Lipinski definition) is 1. The van der Waals surface area contributed by atoms with Gasteiger partial charge in [0.1, 0.15) is 10.7 Å². The molecule has 0 spiro atoms. The molecule has 1 N–H and O–H groups in total. The fourth-order valence-electron chi connectivity index (χ4n) is 2.87. The van der Waals surface area contributed by atoms with Gasteiger partial charge in [0.25, 0.3) is 0 Å². The molecular formula is C16H19FN2O2S2. The van der Waals surface area contributed by atoms with E-state index in [1.165, 1.54) is 18.2 Å². The maximum absolute atomic E-state index is 13.8. The molecule has 1 aliphatic rings. The second-order valence-electron chi connectivity index (χ2n) is 5.56. The largest absolute Gasteiger partial charge is 0.294 e. The Kier molecular flexibility index (Phi) is 5.11. The summed E-state index contributed by atoms with van der Waals surface area (Å²) < 4.78 is 41.1. The number of hydrogen-bond acceptors (Lipinski definition) is 4. The number of rotatable bonds is 6. The van der Waals surface area contributed by atoms with Crippen LogP contribution in [-0.4, -0.2) is 33.0 Å². The lowest BCUT2D eigenvalue weighted by Crippen LogP contribution is -2.36. The lowest BCUT2D eigenvalue weighted by atomic mass is 10.2. The molecule has 124 valence electrons. The summed E-state index contributed by atoms with van der Waals surface area (Å²) in [6.07, 6.45) is 2.25. The Bertz CT molecular complexity index is 741. The van der Waals surface area contributed by atoms with Crippen LogP contribution < -0.4 is 4.72 Å². The van der Waals surface area contributed by atoms with Crippen LogP contribution in [0.15, 0.2) is 46.7 Å². The second-order valence-corrected chi connectivity index (χ2v) is 8.27. The SMILES string of the molecule is O=S(=O)(NCC(c1cccs1)N1CCCC1)c1ccccc1F. The quantitative estimate of drug-likeness (QED) is 0.868. The van der Waals surface area contributed by atoms with Crippen molar-refractivity contribution in [1.29, 1.82) is 0 Å². The van der Waals surface area contributed by atoms with Crippen molar-refractivity contribution in [1.82, 2.24) is 9.62 Å². The monoisotopic (exact) mass is 354 g/mol. The fourth-order valence-corrected chi connectivity index (χ4v) is 4.85. The van der Waals surface area contributed by atoms with E-state index in [1.54, 1.807) is 11.3 Å². The van der Waals surface area contributed by atoms with Crippen LogP contribution in [0.5, 0.6) is 0 Å². The molecule has 0 amide bonds. The predicted octanol–water partition coefficient (Wildman–Crippen LogP) is 3.00. The number of halogens is 1. The van der Waals surface area contributed by atoms with Crippen LogP contribution in [0.2, 0.25) is 0 Å². The Morgan fingerprint density at radius 2 is 1.91 bits per heavy atom. The third-order valence-electron chi connectivity index (χ3n) is 4.05. The van der Waals surface area contributed by atoms with Crippen LogP contribution in [0, 0.1) is 5.82 Å². The number of likely N-dealkylation sites (tertiary alicyclic amines) is 1. The molecule has 4 nitrogen and oxygen atoms in total. The molecule has 1 atom stereocenters. The first-order valence-corrected chi connectivity index (χ1v) is 9.96. The van der Waals surface area contributed by atoms with Gasteiger partial charge in [-0.2, -0.15) is 0 Å². The number of sulfonamides is 1. The maximum atomic E-state index is 13.8. The van der Waals surface area contributed by atoms with Crippen molar-refractivity contribution in [2.24, 2.45) is 0 Å². The highest BCUT2D eigenvalue weighted by Gasteiger charge is 2.27.